The second-order valence-corrected chi connectivity index (χ2v) is 10.5. The van der Waals surface area contributed by atoms with Crippen LogP contribution in [0, 0.1) is 21.7 Å². The lowest BCUT2D eigenvalue weighted by Crippen LogP contribution is -2.21. The van der Waals surface area contributed by atoms with Crippen molar-refractivity contribution in [2.75, 3.05) is 0 Å². The Hall–Kier alpha value is -2.73. The number of halogens is 2. The summed E-state index contributed by atoms with van der Waals surface area (Å²) in [5.74, 6) is -2.01. The van der Waals surface area contributed by atoms with Crippen LogP contribution in [0.3, 0.4) is 0 Å². The smallest absolute Gasteiger partial charge is 0.288 e. The number of benzene rings is 2. The highest BCUT2D eigenvalue weighted by Crippen LogP contribution is 2.28. The molecule has 1 unspecified atom stereocenters. The van der Waals surface area contributed by atoms with E-state index in [9.17, 15) is 27.3 Å². The van der Waals surface area contributed by atoms with Crippen LogP contribution in [0.5, 0.6) is 0 Å². The first kappa shape index (κ1) is 22.0. The molecule has 1 atom stereocenters. The van der Waals surface area contributed by atoms with E-state index in [1.165, 1.54) is 6.07 Å². The minimum absolute atomic E-state index is 0.228. The monoisotopic (exact) mass is 457 g/mol. The predicted molar refractivity (Wildman–Crippen MR) is 107 cm³/mol. The third-order valence-electron chi connectivity index (χ3n) is 4.12. The molecular formula is C18H17F2N3O5S2. The molecule has 0 spiro atoms. The molecule has 0 fully saturated rings. The van der Waals surface area contributed by atoms with Gasteiger partial charge in [-0.1, -0.05) is 11.2 Å². The average molecular weight is 457 g/mol. The molecule has 1 aliphatic heterocycles. The van der Waals surface area contributed by atoms with Gasteiger partial charge in [0.15, 0.2) is 0 Å². The minimum atomic E-state index is -4.29. The summed E-state index contributed by atoms with van der Waals surface area (Å²) in [6.45, 7) is 3.47. The molecule has 0 saturated heterocycles. The van der Waals surface area contributed by atoms with Gasteiger partial charge in [0.1, 0.15) is 22.3 Å². The number of sulfonamides is 1. The molecule has 1 heterocycles. The second kappa shape index (κ2) is 8.19. The number of rotatable bonds is 5. The number of hydrogen-bond donors (Lipinski definition) is 0. The van der Waals surface area contributed by atoms with Crippen LogP contribution >= 0.6 is 0 Å². The molecule has 160 valence electrons. The quantitative estimate of drug-likeness (QED) is 0.496. The number of oxime groups is 1. The Balaban J connectivity index is 2.05. The van der Waals surface area contributed by atoms with Crippen LogP contribution in [0.4, 0.5) is 14.5 Å². The first-order valence-electron chi connectivity index (χ1n) is 8.60. The van der Waals surface area contributed by atoms with E-state index in [1.807, 2.05) is 0 Å². The van der Waals surface area contributed by atoms with E-state index in [-0.39, 0.29) is 33.4 Å². The summed E-state index contributed by atoms with van der Waals surface area (Å²) in [7, 11) is -5.84. The van der Waals surface area contributed by atoms with E-state index in [2.05, 4.69) is 8.92 Å². The fourth-order valence-electron chi connectivity index (χ4n) is 2.59. The number of non-ortho nitro benzene ring substituents is 1. The van der Waals surface area contributed by atoms with E-state index in [0.29, 0.717) is 0 Å². The third kappa shape index (κ3) is 4.87. The van der Waals surface area contributed by atoms with Crippen LogP contribution in [0.25, 0.3) is 0 Å². The lowest BCUT2D eigenvalue weighted by molar-refractivity contribution is -0.384. The van der Waals surface area contributed by atoms with Gasteiger partial charge < -0.3 is 4.84 Å². The zero-order valence-corrected chi connectivity index (χ0v) is 17.5. The standard InChI is InChI=1S/C18H17F2N3O5S2/c1-18(2)10-17(21-28-18)29(11-14-15(19)4-3-5-16(14)20)22-30(26,27)13-8-6-12(7-9-13)23(24)25/h3-9H,10-11H2,1-2H3. The van der Waals surface area contributed by atoms with Gasteiger partial charge in [-0.3, -0.25) is 10.1 Å². The maximum absolute atomic E-state index is 14.2. The first-order chi connectivity index (χ1) is 14.0. The van der Waals surface area contributed by atoms with Gasteiger partial charge in [-0.25, -0.2) is 8.78 Å². The molecule has 0 saturated carbocycles. The Bertz CT molecular complexity index is 1140. The van der Waals surface area contributed by atoms with Crippen molar-refractivity contribution in [3.63, 3.8) is 0 Å². The molecule has 0 radical (unpaired) electrons. The maximum atomic E-state index is 14.2. The van der Waals surface area contributed by atoms with Crippen molar-refractivity contribution in [3.8, 4) is 0 Å². The Morgan fingerprint density at radius 1 is 1.20 bits per heavy atom. The van der Waals surface area contributed by atoms with Crippen molar-refractivity contribution in [1.82, 2.24) is 0 Å². The normalized spacial score (nSPS) is 16.7. The van der Waals surface area contributed by atoms with Crippen LogP contribution in [0.2, 0.25) is 0 Å². The topological polar surface area (TPSA) is 111 Å². The number of nitrogens with zero attached hydrogens (tertiary/aromatic N) is 3. The Kier molecular flexibility index (Phi) is 5.99. The molecule has 30 heavy (non-hydrogen) atoms. The van der Waals surface area contributed by atoms with Crippen LogP contribution in [0.1, 0.15) is 25.8 Å². The lowest BCUT2D eigenvalue weighted by Gasteiger charge is -2.14. The SMILES string of the molecule is CC1(C)CC(/S(Cc2c(F)cccc2F)=N/S(=O)(=O)c2ccc([N+](=O)[O-])cc2)=NO1. The molecule has 0 bridgehead atoms. The molecule has 0 aromatic heterocycles. The van der Waals surface area contributed by atoms with E-state index >= 15 is 0 Å². The van der Waals surface area contributed by atoms with E-state index < -0.39 is 42.9 Å². The maximum Gasteiger partial charge on any atom is 0.288 e. The summed E-state index contributed by atoms with van der Waals surface area (Å²) in [6.07, 6.45) is 0.228. The van der Waals surface area contributed by atoms with Crippen molar-refractivity contribution < 1.29 is 27.0 Å². The Morgan fingerprint density at radius 2 is 1.80 bits per heavy atom. The molecular weight excluding hydrogens is 440 g/mol. The highest BCUT2D eigenvalue weighted by molar-refractivity contribution is 8.08. The molecule has 3 rings (SSSR count). The van der Waals surface area contributed by atoms with E-state index in [0.717, 1.165) is 36.4 Å². The van der Waals surface area contributed by atoms with E-state index in [1.54, 1.807) is 13.8 Å². The Morgan fingerprint density at radius 3 is 2.30 bits per heavy atom. The molecule has 2 aromatic carbocycles. The van der Waals surface area contributed by atoms with Crippen molar-refractivity contribution in [2.45, 2.75) is 36.5 Å². The third-order valence-corrected chi connectivity index (χ3v) is 7.82. The molecule has 0 aliphatic carbocycles. The molecule has 8 nitrogen and oxygen atoms in total. The van der Waals surface area contributed by atoms with Gasteiger partial charge in [-0.15, -0.1) is 3.77 Å². The highest BCUT2D eigenvalue weighted by atomic mass is 32.3. The van der Waals surface area contributed by atoms with Crippen LogP contribution in [-0.4, -0.2) is 24.0 Å². The summed E-state index contributed by atoms with van der Waals surface area (Å²) in [5, 5.41) is 14.9. The summed E-state index contributed by atoms with van der Waals surface area (Å²) >= 11 is 0. The lowest BCUT2D eigenvalue weighted by atomic mass is 10.1. The zero-order valence-electron chi connectivity index (χ0n) is 15.9. The van der Waals surface area contributed by atoms with Crippen molar-refractivity contribution >= 4 is 31.4 Å². The van der Waals surface area contributed by atoms with Crippen LogP contribution < -0.4 is 0 Å². The largest absolute Gasteiger partial charge is 0.389 e. The van der Waals surface area contributed by atoms with Gasteiger partial charge in [0, 0.05) is 29.9 Å². The van der Waals surface area contributed by atoms with Gasteiger partial charge >= 0.3 is 0 Å². The van der Waals surface area contributed by atoms with Crippen molar-refractivity contribution in [3.05, 3.63) is 69.8 Å². The fourth-order valence-corrected chi connectivity index (χ4v) is 6.27. The molecule has 1 aliphatic rings. The fraction of sp³-hybridized carbons (Fsp3) is 0.278. The second-order valence-electron chi connectivity index (χ2n) is 7.02. The van der Waals surface area contributed by atoms with Gasteiger partial charge in [0.2, 0.25) is 0 Å². The Labute approximate surface area is 173 Å². The predicted octanol–water partition coefficient (Wildman–Crippen LogP) is 4.08. The van der Waals surface area contributed by atoms with Crippen LogP contribution in [0.15, 0.2) is 56.3 Å². The summed E-state index contributed by atoms with van der Waals surface area (Å²) < 4.78 is 57.8. The van der Waals surface area contributed by atoms with Gasteiger partial charge in [0.25, 0.3) is 15.7 Å². The average Bonchev–Trinajstić information content (AvgIpc) is 3.03. The highest BCUT2D eigenvalue weighted by Gasteiger charge is 2.32. The molecule has 12 heteroatoms. The van der Waals surface area contributed by atoms with Crippen molar-refractivity contribution in [2.24, 2.45) is 8.92 Å². The molecule has 2 aromatic rings. The summed E-state index contributed by atoms with van der Waals surface area (Å²) in [4.78, 5) is 15.1. The van der Waals surface area contributed by atoms with Crippen LogP contribution in [-0.2, 0) is 31.3 Å². The number of nitro benzene ring substituents is 1. The first-order valence-corrected chi connectivity index (χ1v) is 11.4. The zero-order chi connectivity index (χ0) is 22.1. The number of nitro groups is 1. The minimum Gasteiger partial charge on any atom is -0.389 e. The summed E-state index contributed by atoms with van der Waals surface area (Å²) in [6, 6.07) is 7.53. The molecule has 0 N–H and O–H groups in total. The molecule has 0 amide bonds. The van der Waals surface area contributed by atoms with Gasteiger partial charge in [0.05, 0.1) is 9.82 Å². The summed E-state index contributed by atoms with van der Waals surface area (Å²) in [5.41, 5.74) is -1.30. The van der Waals surface area contributed by atoms with Gasteiger partial charge in [-0.05, 0) is 48.8 Å². The number of hydrogen-bond acceptors (Lipinski definition) is 6. The van der Waals surface area contributed by atoms with Gasteiger partial charge in [-0.2, -0.15) is 8.42 Å². The van der Waals surface area contributed by atoms with E-state index in [4.69, 9.17) is 4.84 Å². The van der Waals surface area contributed by atoms with Crippen molar-refractivity contribution in [1.29, 1.82) is 0 Å².